The predicted octanol–water partition coefficient (Wildman–Crippen LogP) is 3.95. The van der Waals surface area contributed by atoms with E-state index in [0.29, 0.717) is 12.8 Å². The predicted molar refractivity (Wildman–Crippen MR) is 90.8 cm³/mol. The van der Waals surface area contributed by atoms with Crippen molar-refractivity contribution in [3.8, 4) is 0 Å². The molecule has 0 aliphatic heterocycles. The summed E-state index contributed by atoms with van der Waals surface area (Å²) in [6.45, 7) is 4.57. The van der Waals surface area contributed by atoms with Gasteiger partial charge in [-0.2, -0.15) is 26.3 Å². The number of halogens is 6. The van der Waals surface area contributed by atoms with E-state index in [4.69, 9.17) is 14.6 Å². The molecule has 1 N–H and O–H groups in total. The first-order valence-corrected chi connectivity index (χ1v) is 9.52. The first-order chi connectivity index (χ1) is 13.7. The fourth-order valence-electron chi connectivity index (χ4n) is 4.25. The van der Waals surface area contributed by atoms with Gasteiger partial charge in [0.05, 0.1) is 19.1 Å². The van der Waals surface area contributed by atoms with Gasteiger partial charge < -0.3 is 14.6 Å². The number of alkyl halides is 6. The van der Waals surface area contributed by atoms with Crippen LogP contribution in [0.2, 0.25) is 0 Å². The van der Waals surface area contributed by atoms with Crippen LogP contribution in [0.5, 0.6) is 0 Å². The minimum atomic E-state index is -5.89. The van der Waals surface area contributed by atoms with Gasteiger partial charge in [0, 0.05) is 5.57 Å². The standard InChI is InChI=1S/C19H24F6O5/c1-10(2)15(26)30-9-13-7-12-6-11(13)8-14(12)16(27)29-5-3-4-17(28,18(20,21)22)19(23,24)25/h11-14,28H,1,3-9H2,2H3. The number of esters is 2. The van der Waals surface area contributed by atoms with Gasteiger partial charge in [-0.1, -0.05) is 6.58 Å². The summed E-state index contributed by atoms with van der Waals surface area (Å²) in [6, 6.07) is 0. The lowest BCUT2D eigenvalue weighted by Crippen LogP contribution is -2.56. The molecule has 0 aromatic rings. The number of hydrogen-bond donors (Lipinski definition) is 1. The molecule has 0 radical (unpaired) electrons. The summed E-state index contributed by atoms with van der Waals surface area (Å²) in [5.74, 6) is -1.44. The maximum absolute atomic E-state index is 12.6. The average molecular weight is 446 g/mol. The Bertz CT molecular complexity index is 657. The van der Waals surface area contributed by atoms with Crippen LogP contribution in [0.4, 0.5) is 26.3 Å². The third kappa shape index (κ3) is 5.09. The van der Waals surface area contributed by atoms with Crippen LogP contribution in [0.25, 0.3) is 0 Å². The van der Waals surface area contributed by atoms with E-state index in [1.54, 1.807) is 0 Å². The number of fused-ring (bicyclic) bond motifs is 2. The number of ether oxygens (including phenoxy) is 2. The van der Waals surface area contributed by atoms with Gasteiger partial charge >= 0.3 is 24.3 Å². The van der Waals surface area contributed by atoms with Crippen LogP contribution in [-0.2, 0) is 19.1 Å². The quantitative estimate of drug-likeness (QED) is 0.265. The third-order valence-electron chi connectivity index (χ3n) is 5.95. The summed E-state index contributed by atoms with van der Waals surface area (Å²) < 4.78 is 85.7. The van der Waals surface area contributed by atoms with E-state index in [9.17, 15) is 35.9 Å². The van der Waals surface area contributed by atoms with Crippen LogP contribution >= 0.6 is 0 Å². The highest BCUT2D eigenvalue weighted by Gasteiger charge is 2.69. The second-order valence-electron chi connectivity index (χ2n) is 8.10. The maximum atomic E-state index is 12.6. The molecule has 0 aromatic heterocycles. The first-order valence-electron chi connectivity index (χ1n) is 9.52. The second kappa shape index (κ2) is 8.76. The van der Waals surface area contributed by atoms with Crippen molar-refractivity contribution in [3.63, 3.8) is 0 Å². The topological polar surface area (TPSA) is 72.8 Å². The molecular weight excluding hydrogens is 422 g/mol. The van der Waals surface area contributed by atoms with E-state index >= 15 is 0 Å². The van der Waals surface area contributed by atoms with Gasteiger partial charge in [0.1, 0.15) is 0 Å². The van der Waals surface area contributed by atoms with Crippen LogP contribution in [0.1, 0.15) is 39.0 Å². The Morgan fingerprint density at radius 1 is 1.00 bits per heavy atom. The van der Waals surface area contributed by atoms with Crippen molar-refractivity contribution >= 4 is 11.9 Å². The molecule has 5 nitrogen and oxygen atoms in total. The molecule has 4 atom stereocenters. The van der Waals surface area contributed by atoms with Crippen molar-refractivity contribution in [3.05, 3.63) is 12.2 Å². The fourth-order valence-corrected chi connectivity index (χ4v) is 4.25. The summed E-state index contributed by atoms with van der Waals surface area (Å²) >= 11 is 0. The lowest BCUT2D eigenvalue weighted by Gasteiger charge is -2.32. The molecule has 2 fully saturated rings. The molecule has 2 aliphatic carbocycles. The molecule has 2 rings (SSSR count). The van der Waals surface area contributed by atoms with Gasteiger partial charge in [0.15, 0.2) is 0 Å². The van der Waals surface area contributed by atoms with E-state index in [0.717, 1.165) is 6.42 Å². The smallest absolute Gasteiger partial charge is 0.426 e. The Kier molecular flexibility index (Phi) is 7.15. The van der Waals surface area contributed by atoms with Gasteiger partial charge in [-0.15, -0.1) is 0 Å². The monoisotopic (exact) mass is 446 g/mol. The minimum absolute atomic E-state index is 0.0293. The Morgan fingerprint density at radius 2 is 1.60 bits per heavy atom. The number of carbonyl (C=O) groups excluding carboxylic acids is 2. The molecule has 11 heteroatoms. The summed E-state index contributed by atoms with van der Waals surface area (Å²) in [7, 11) is 0. The van der Waals surface area contributed by atoms with Gasteiger partial charge in [-0.25, -0.2) is 4.79 Å². The van der Waals surface area contributed by atoms with Crippen molar-refractivity contribution in [1.82, 2.24) is 0 Å². The highest BCUT2D eigenvalue weighted by Crippen LogP contribution is 2.52. The van der Waals surface area contributed by atoms with Gasteiger partial charge in [-0.3, -0.25) is 4.79 Å². The van der Waals surface area contributed by atoms with Crippen molar-refractivity contribution in [2.45, 2.75) is 57.0 Å². The van der Waals surface area contributed by atoms with E-state index in [1.165, 1.54) is 6.92 Å². The largest absolute Gasteiger partial charge is 0.465 e. The fraction of sp³-hybridized carbons (Fsp3) is 0.789. The van der Waals surface area contributed by atoms with Crippen molar-refractivity contribution in [2.24, 2.45) is 23.7 Å². The molecule has 0 spiro atoms. The molecule has 2 saturated carbocycles. The lowest BCUT2D eigenvalue weighted by atomic mass is 9.82. The summed E-state index contributed by atoms with van der Waals surface area (Å²) in [5.41, 5.74) is -4.56. The zero-order chi connectivity index (χ0) is 22.9. The van der Waals surface area contributed by atoms with Crippen molar-refractivity contribution in [1.29, 1.82) is 0 Å². The number of carbonyl (C=O) groups is 2. The van der Waals surface area contributed by atoms with Crippen LogP contribution in [0.3, 0.4) is 0 Å². The second-order valence-corrected chi connectivity index (χ2v) is 8.10. The molecule has 4 unspecified atom stereocenters. The van der Waals surface area contributed by atoms with Crippen LogP contribution in [0.15, 0.2) is 12.2 Å². The lowest BCUT2D eigenvalue weighted by molar-refractivity contribution is -0.370. The Morgan fingerprint density at radius 3 is 2.07 bits per heavy atom. The first kappa shape index (κ1) is 24.5. The van der Waals surface area contributed by atoms with Crippen molar-refractivity contribution in [2.75, 3.05) is 13.2 Å². The van der Waals surface area contributed by atoms with Gasteiger partial charge in [0.2, 0.25) is 0 Å². The Balaban J connectivity index is 1.77. The molecule has 2 aliphatic rings. The zero-order valence-electron chi connectivity index (χ0n) is 16.3. The van der Waals surface area contributed by atoms with Crippen molar-refractivity contribution < 1.29 is 50.5 Å². The summed E-state index contributed by atoms with van der Waals surface area (Å²) in [5, 5.41) is 9.07. The van der Waals surface area contributed by atoms with Crippen LogP contribution in [-0.4, -0.2) is 48.2 Å². The van der Waals surface area contributed by atoms with Crippen LogP contribution < -0.4 is 0 Å². The number of aliphatic hydroxyl groups is 1. The van der Waals surface area contributed by atoms with E-state index in [-0.39, 0.29) is 29.9 Å². The summed E-state index contributed by atoms with van der Waals surface area (Å²) in [6.07, 6.45) is -12.4. The van der Waals surface area contributed by atoms with E-state index in [1.807, 2.05) is 0 Å². The Labute approximate surface area is 169 Å². The molecule has 30 heavy (non-hydrogen) atoms. The number of rotatable bonds is 8. The molecular formula is C19H24F6O5. The third-order valence-corrected chi connectivity index (χ3v) is 5.95. The molecule has 0 aromatic carbocycles. The highest BCUT2D eigenvalue weighted by atomic mass is 19.4. The SMILES string of the molecule is C=C(C)C(=O)OCC1CC2CC1CC2C(=O)OCCCC(O)(C(F)(F)F)C(F)(F)F. The molecule has 0 amide bonds. The van der Waals surface area contributed by atoms with E-state index in [2.05, 4.69) is 6.58 Å². The zero-order valence-corrected chi connectivity index (χ0v) is 16.3. The maximum Gasteiger partial charge on any atom is 0.426 e. The summed E-state index contributed by atoms with van der Waals surface area (Å²) in [4.78, 5) is 23.7. The molecule has 0 saturated heterocycles. The highest BCUT2D eigenvalue weighted by molar-refractivity contribution is 5.86. The van der Waals surface area contributed by atoms with Gasteiger partial charge in [-0.05, 0) is 56.8 Å². The molecule has 0 heterocycles. The Hall–Kier alpha value is -1.78. The molecule has 172 valence electrons. The molecule has 2 bridgehead atoms. The minimum Gasteiger partial charge on any atom is -0.465 e. The normalized spacial score (nSPS) is 26.5. The van der Waals surface area contributed by atoms with Gasteiger partial charge in [0.25, 0.3) is 5.60 Å². The number of hydrogen-bond acceptors (Lipinski definition) is 5. The van der Waals surface area contributed by atoms with E-state index < -0.39 is 55.3 Å². The average Bonchev–Trinajstić information content (AvgIpc) is 3.21. The van der Waals surface area contributed by atoms with Crippen LogP contribution in [0, 0.1) is 23.7 Å².